The number of alkyl halides is 6. The Balaban J connectivity index is 2.14. The van der Waals surface area contributed by atoms with E-state index < -0.39 is 46.4 Å². The van der Waals surface area contributed by atoms with Gasteiger partial charge in [-0.2, -0.15) is 26.3 Å². The maximum atomic E-state index is 13.8. The Morgan fingerprint density at radius 1 is 0.900 bits per heavy atom. The van der Waals surface area contributed by atoms with Crippen LogP contribution in [0.25, 0.3) is 11.1 Å². The summed E-state index contributed by atoms with van der Waals surface area (Å²) in [6.45, 7) is 3.56. The van der Waals surface area contributed by atoms with Crippen LogP contribution in [0.2, 0.25) is 0 Å². The Morgan fingerprint density at radius 2 is 1.43 bits per heavy atom. The molecule has 3 rings (SSSR count). The number of nitrogens with one attached hydrogen (secondary N) is 1. The highest BCUT2D eigenvalue weighted by atomic mass is 19.4. The topological polar surface area (TPSA) is 85.7 Å². The maximum Gasteiger partial charge on any atom is 0.416 e. The Kier molecular flexibility index (Phi) is 8.85. The molecule has 40 heavy (non-hydrogen) atoms. The number of nitrogens with zero attached hydrogens (tertiary/aromatic N) is 2. The van der Waals surface area contributed by atoms with E-state index in [-0.39, 0.29) is 30.8 Å². The molecule has 0 aliphatic heterocycles. The number of pyridine rings is 1. The van der Waals surface area contributed by atoms with Gasteiger partial charge in [0.25, 0.3) is 0 Å². The summed E-state index contributed by atoms with van der Waals surface area (Å²) in [6, 6.07) is 9.16. The molecular formula is C28H29F6N3O3. The molecule has 0 radical (unpaired) electrons. The zero-order valence-corrected chi connectivity index (χ0v) is 22.2. The minimum Gasteiger partial charge on any atom is -0.394 e. The van der Waals surface area contributed by atoms with Crippen LogP contribution in [0.3, 0.4) is 0 Å². The zero-order valence-electron chi connectivity index (χ0n) is 22.2. The fourth-order valence-electron chi connectivity index (χ4n) is 4.21. The van der Waals surface area contributed by atoms with Gasteiger partial charge < -0.3 is 20.4 Å². The van der Waals surface area contributed by atoms with E-state index >= 15 is 0 Å². The van der Waals surface area contributed by atoms with Crippen molar-refractivity contribution in [2.45, 2.75) is 44.6 Å². The summed E-state index contributed by atoms with van der Waals surface area (Å²) in [5.41, 5.74) is -3.07. The number of halogens is 6. The lowest BCUT2D eigenvalue weighted by Crippen LogP contribution is -2.42. The zero-order chi connectivity index (χ0) is 30.0. The van der Waals surface area contributed by atoms with E-state index in [2.05, 4.69) is 10.3 Å². The number of aryl methyl sites for hydroxylation is 1. The number of hydrogen-bond donors (Lipinski definition) is 3. The van der Waals surface area contributed by atoms with Crippen LogP contribution in [0.15, 0.2) is 54.7 Å². The number of hydrogen-bond acceptors (Lipinski definition) is 5. The quantitative estimate of drug-likeness (QED) is 0.299. The highest BCUT2D eigenvalue weighted by Crippen LogP contribution is 2.41. The van der Waals surface area contributed by atoms with Crippen molar-refractivity contribution in [1.82, 2.24) is 4.98 Å². The molecule has 0 saturated heterocycles. The van der Waals surface area contributed by atoms with Crippen molar-refractivity contribution >= 4 is 17.4 Å². The van der Waals surface area contributed by atoms with E-state index in [4.69, 9.17) is 0 Å². The van der Waals surface area contributed by atoms with Gasteiger partial charge in [-0.1, -0.05) is 24.3 Å². The highest BCUT2D eigenvalue weighted by molar-refractivity contribution is 6.03. The number of aliphatic hydroxyl groups is 2. The minimum absolute atomic E-state index is 0.0196. The molecule has 3 aromatic rings. The lowest BCUT2D eigenvalue weighted by atomic mass is 9.81. The fraction of sp³-hybridized carbons (Fsp3) is 0.357. The van der Waals surface area contributed by atoms with Crippen molar-refractivity contribution in [1.29, 1.82) is 0 Å². The first-order valence-electron chi connectivity index (χ1n) is 12.1. The minimum atomic E-state index is -5.06. The lowest BCUT2D eigenvalue weighted by molar-refractivity contribution is -0.143. The maximum absolute atomic E-state index is 13.8. The number of anilines is 2. The van der Waals surface area contributed by atoms with Gasteiger partial charge in [0, 0.05) is 12.6 Å². The Labute approximate surface area is 227 Å². The number of rotatable bonds is 8. The number of amides is 1. The number of aromatic nitrogens is 1. The van der Waals surface area contributed by atoms with Crippen molar-refractivity contribution in [3.8, 4) is 11.1 Å². The molecule has 0 saturated carbocycles. The highest BCUT2D eigenvalue weighted by Gasteiger charge is 2.41. The van der Waals surface area contributed by atoms with Crippen LogP contribution in [0.5, 0.6) is 0 Å². The first-order chi connectivity index (χ1) is 18.5. The van der Waals surface area contributed by atoms with Crippen molar-refractivity contribution in [2.75, 3.05) is 30.5 Å². The number of aliphatic hydroxyl groups excluding tert-OH is 2. The van der Waals surface area contributed by atoms with Crippen molar-refractivity contribution in [3.63, 3.8) is 0 Å². The second-order valence-electron chi connectivity index (χ2n) is 9.89. The van der Waals surface area contributed by atoms with Crippen LogP contribution < -0.4 is 10.2 Å². The second kappa shape index (κ2) is 11.5. The van der Waals surface area contributed by atoms with E-state index in [1.807, 2.05) is 13.0 Å². The lowest BCUT2D eigenvalue weighted by Gasteiger charge is -2.32. The van der Waals surface area contributed by atoms with Crippen LogP contribution in [-0.2, 0) is 22.6 Å². The third kappa shape index (κ3) is 6.56. The summed E-state index contributed by atoms with van der Waals surface area (Å²) >= 11 is 0. The molecule has 0 aliphatic rings. The average molecular weight is 570 g/mol. The molecule has 1 amide bonds. The Morgan fingerprint density at radius 3 is 1.93 bits per heavy atom. The molecule has 2 aromatic carbocycles. The second-order valence-corrected chi connectivity index (χ2v) is 9.89. The summed E-state index contributed by atoms with van der Waals surface area (Å²) < 4.78 is 81.0. The van der Waals surface area contributed by atoms with E-state index in [0.29, 0.717) is 23.3 Å². The van der Waals surface area contributed by atoms with Gasteiger partial charge in [-0.15, -0.1) is 0 Å². The molecule has 0 unspecified atom stereocenters. The van der Waals surface area contributed by atoms with Gasteiger partial charge in [0.15, 0.2) is 0 Å². The third-order valence-electron chi connectivity index (χ3n) is 6.62. The van der Waals surface area contributed by atoms with Gasteiger partial charge in [0.05, 0.1) is 47.7 Å². The number of likely N-dealkylation sites (N-methyl/N-ethyl adjacent to an activating group) is 1. The summed E-state index contributed by atoms with van der Waals surface area (Å²) in [5, 5.41) is 21.7. The molecule has 0 aliphatic carbocycles. The average Bonchev–Trinajstić information content (AvgIpc) is 2.89. The summed E-state index contributed by atoms with van der Waals surface area (Å²) in [6.07, 6.45) is -8.79. The predicted octanol–water partition coefficient (Wildman–Crippen LogP) is 5.80. The molecule has 0 spiro atoms. The number of benzene rings is 2. The molecule has 3 N–H and O–H groups in total. The summed E-state index contributed by atoms with van der Waals surface area (Å²) in [7, 11) is 1.36. The van der Waals surface area contributed by atoms with Crippen molar-refractivity contribution in [2.24, 2.45) is 0 Å². The van der Waals surface area contributed by atoms with Gasteiger partial charge in [0.2, 0.25) is 5.91 Å². The number of carbonyl (C=O) groups is 1. The van der Waals surface area contributed by atoms with Crippen LogP contribution in [-0.4, -0.2) is 47.4 Å². The van der Waals surface area contributed by atoms with E-state index in [1.165, 1.54) is 27.1 Å². The summed E-state index contributed by atoms with van der Waals surface area (Å²) in [5.74, 6) is -0.510. The molecule has 216 valence electrons. The van der Waals surface area contributed by atoms with Gasteiger partial charge in [0.1, 0.15) is 5.82 Å². The Hall–Kier alpha value is -3.64. The monoisotopic (exact) mass is 569 g/mol. The predicted molar refractivity (Wildman–Crippen MR) is 139 cm³/mol. The largest absolute Gasteiger partial charge is 0.416 e. The SMILES string of the molecule is Cc1ccccc1-c1cc(NC(CO)CO)ncc1N(C)C(=O)C(C)(C)c1cc(C(F)(F)F)cc(C(F)(F)F)c1. The van der Waals surface area contributed by atoms with Gasteiger partial charge in [-0.25, -0.2) is 4.98 Å². The normalized spacial score (nSPS) is 12.5. The molecule has 0 fully saturated rings. The van der Waals surface area contributed by atoms with Gasteiger partial charge >= 0.3 is 12.4 Å². The molecular weight excluding hydrogens is 540 g/mol. The Bertz CT molecular complexity index is 1340. The van der Waals surface area contributed by atoms with E-state index in [9.17, 15) is 41.4 Å². The number of carbonyl (C=O) groups excluding carboxylic acids is 1. The van der Waals surface area contributed by atoms with E-state index in [1.54, 1.807) is 24.3 Å². The molecule has 1 heterocycles. The standard InChI is InChI=1S/C28H29F6N3O3/c1-16-7-5-6-8-21(16)22-12-24(36-20(14-38)15-39)35-13-23(22)37(4)25(40)26(2,3)17-9-18(27(29,30)31)11-19(10-17)28(32,33)34/h5-13,20,38-39H,14-15H2,1-4H3,(H,35,36). The van der Waals surface area contributed by atoms with Crippen LogP contribution >= 0.6 is 0 Å². The molecule has 12 heteroatoms. The molecule has 1 aromatic heterocycles. The van der Waals surface area contributed by atoms with E-state index in [0.717, 1.165) is 10.5 Å². The van der Waals surface area contributed by atoms with Gasteiger partial charge in [-0.05, 0) is 61.7 Å². The third-order valence-corrected chi connectivity index (χ3v) is 6.62. The van der Waals surface area contributed by atoms with Crippen LogP contribution in [0, 0.1) is 6.92 Å². The van der Waals surface area contributed by atoms with Crippen molar-refractivity contribution in [3.05, 3.63) is 77.0 Å². The smallest absolute Gasteiger partial charge is 0.394 e. The van der Waals surface area contributed by atoms with Gasteiger partial charge in [-0.3, -0.25) is 4.79 Å². The molecule has 0 atom stereocenters. The first-order valence-corrected chi connectivity index (χ1v) is 12.1. The van der Waals surface area contributed by atoms with Crippen LogP contribution in [0.1, 0.15) is 36.1 Å². The molecule has 0 bridgehead atoms. The molecule has 6 nitrogen and oxygen atoms in total. The van der Waals surface area contributed by atoms with Crippen molar-refractivity contribution < 1.29 is 41.4 Å². The summed E-state index contributed by atoms with van der Waals surface area (Å²) in [4.78, 5) is 19.2. The van der Waals surface area contributed by atoms with Crippen LogP contribution in [0.4, 0.5) is 37.8 Å². The first kappa shape index (κ1) is 30.9. The fourth-order valence-corrected chi connectivity index (χ4v) is 4.21.